The summed E-state index contributed by atoms with van der Waals surface area (Å²) in [5.74, 6) is 0.769. The number of hydrogen-bond donors (Lipinski definition) is 0. The standard InChI is InChI=1S/C17H23Cl2N/c1-20-10-7-14(12-20)17(8-3-2-4-9-17)13-5-6-15(18)16(19)11-13/h5-6,11,14H,2-4,7-10,12H2,1H3. The van der Waals surface area contributed by atoms with E-state index in [4.69, 9.17) is 23.2 Å². The molecule has 1 aromatic rings. The van der Waals surface area contributed by atoms with Crippen LogP contribution in [0, 0.1) is 5.92 Å². The predicted octanol–water partition coefficient (Wildman–Crippen LogP) is 5.15. The molecular weight excluding hydrogens is 289 g/mol. The van der Waals surface area contributed by atoms with Crippen LogP contribution in [0.1, 0.15) is 44.1 Å². The van der Waals surface area contributed by atoms with E-state index in [2.05, 4.69) is 24.1 Å². The Morgan fingerprint density at radius 3 is 2.45 bits per heavy atom. The van der Waals surface area contributed by atoms with E-state index >= 15 is 0 Å². The van der Waals surface area contributed by atoms with Gasteiger partial charge in [0.1, 0.15) is 0 Å². The third-order valence-electron chi connectivity index (χ3n) is 5.41. The molecule has 1 saturated heterocycles. The summed E-state index contributed by atoms with van der Waals surface area (Å²) in [6, 6.07) is 6.33. The maximum Gasteiger partial charge on any atom is 0.0595 e. The summed E-state index contributed by atoms with van der Waals surface area (Å²) >= 11 is 12.4. The van der Waals surface area contributed by atoms with Gasteiger partial charge < -0.3 is 4.90 Å². The summed E-state index contributed by atoms with van der Waals surface area (Å²) in [6.45, 7) is 2.45. The minimum Gasteiger partial charge on any atom is -0.306 e. The van der Waals surface area contributed by atoms with E-state index in [9.17, 15) is 0 Å². The van der Waals surface area contributed by atoms with Crippen molar-refractivity contribution in [1.29, 1.82) is 0 Å². The van der Waals surface area contributed by atoms with E-state index in [0.717, 1.165) is 5.92 Å². The van der Waals surface area contributed by atoms with Gasteiger partial charge in [-0.15, -0.1) is 0 Å². The minimum absolute atomic E-state index is 0.331. The molecule has 0 bridgehead atoms. The molecule has 3 rings (SSSR count). The van der Waals surface area contributed by atoms with Gasteiger partial charge in [0.05, 0.1) is 10.0 Å². The second-order valence-electron chi connectivity index (χ2n) is 6.59. The maximum atomic E-state index is 6.29. The second kappa shape index (κ2) is 5.87. The Labute approximate surface area is 132 Å². The van der Waals surface area contributed by atoms with Crippen molar-refractivity contribution in [2.75, 3.05) is 20.1 Å². The van der Waals surface area contributed by atoms with E-state index in [1.54, 1.807) is 0 Å². The molecule has 0 aromatic heterocycles. The van der Waals surface area contributed by atoms with Gasteiger partial charge in [-0.1, -0.05) is 48.5 Å². The topological polar surface area (TPSA) is 3.24 Å². The average molecular weight is 312 g/mol. The second-order valence-corrected chi connectivity index (χ2v) is 7.41. The van der Waals surface area contributed by atoms with Gasteiger partial charge in [0.2, 0.25) is 0 Å². The van der Waals surface area contributed by atoms with Crippen molar-refractivity contribution in [3.8, 4) is 0 Å². The van der Waals surface area contributed by atoms with Crippen LogP contribution < -0.4 is 0 Å². The van der Waals surface area contributed by atoms with Gasteiger partial charge in [-0.05, 0) is 61.9 Å². The first-order valence-corrected chi connectivity index (χ1v) is 8.51. The van der Waals surface area contributed by atoms with Crippen molar-refractivity contribution in [2.45, 2.75) is 43.9 Å². The number of rotatable bonds is 2. The zero-order valence-electron chi connectivity index (χ0n) is 12.2. The van der Waals surface area contributed by atoms with Gasteiger partial charge in [-0.25, -0.2) is 0 Å². The molecule has 1 unspecified atom stereocenters. The third kappa shape index (κ3) is 2.61. The smallest absolute Gasteiger partial charge is 0.0595 e. The molecule has 2 aliphatic rings. The molecule has 2 fully saturated rings. The Morgan fingerprint density at radius 1 is 1.10 bits per heavy atom. The molecule has 0 N–H and O–H groups in total. The summed E-state index contributed by atoms with van der Waals surface area (Å²) in [6.07, 6.45) is 8.01. The molecular formula is C17H23Cl2N. The predicted molar refractivity (Wildman–Crippen MR) is 86.8 cm³/mol. The lowest BCUT2D eigenvalue weighted by Crippen LogP contribution is -2.38. The van der Waals surface area contributed by atoms with Crippen LogP contribution in [0.3, 0.4) is 0 Å². The fourth-order valence-corrected chi connectivity index (χ4v) is 4.61. The van der Waals surface area contributed by atoms with Crippen LogP contribution in [0.2, 0.25) is 10.0 Å². The largest absolute Gasteiger partial charge is 0.306 e. The summed E-state index contributed by atoms with van der Waals surface area (Å²) in [7, 11) is 2.24. The van der Waals surface area contributed by atoms with Gasteiger partial charge in [-0.3, -0.25) is 0 Å². The molecule has 1 aromatic carbocycles. The number of hydrogen-bond acceptors (Lipinski definition) is 1. The molecule has 1 atom stereocenters. The van der Waals surface area contributed by atoms with Crippen LogP contribution in [0.5, 0.6) is 0 Å². The summed E-state index contributed by atoms with van der Waals surface area (Å²) < 4.78 is 0. The van der Waals surface area contributed by atoms with Gasteiger partial charge in [0.25, 0.3) is 0 Å². The van der Waals surface area contributed by atoms with Crippen molar-refractivity contribution < 1.29 is 0 Å². The molecule has 3 heteroatoms. The Bertz CT molecular complexity index is 480. The first-order valence-electron chi connectivity index (χ1n) is 7.76. The molecule has 0 spiro atoms. The van der Waals surface area contributed by atoms with Crippen molar-refractivity contribution in [1.82, 2.24) is 4.90 Å². The molecule has 1 aliphatic carbocycles. The maximum absolute atomic E-state index is 6.29. The molecule has 1 nitrogen and oxygen atoms in total. The fourth-order valence-electron chi connectivity index (χ4n) is 4.31. The Hall–Kier alpha value is -0.240. The highest BCUT2D eigenvalue weighted by Gasteiger charge is 2.43. The zero-order chi connectivity index (χ0) is 14.2. The first kappa shape index (κ1) is 14.7. The van der Waals surface area contributed by atoms with Crippen LogP contribution in [0.15, 0.2) is 18.2 Å². The van der Waals surface area contributed by atoms with Gasteiger partial charge >= 0.3 is 0 Å². The molecule has 110 valence electrons. The minimum atomic E-state index is 0.331. The Balaban J connectivity index is 1.98. The van der Waals surface area contributed by atoms with E-state index in [0.29, 0.717) is 15.5 Å². The lowest BCUT2D eigenvalue weighted by atomic mass is 9.62. The van der Waals surface area contributed by atoms with Crippen molar-refractivity contribution in [3.05, 3.63) is 33.8 Å². The molecule has 1 aliphatic heterocycles. The van der Waals surface area contributed by atoms with Crippen molar-refractivity contribution in [2.24, 2.45) is 5.92 Å². The van der Waals surface area contributed by atoms with Gasteiger partial charge in [0.15, 0.2) is 0 Å². The Kier molecular flexibility index (Phi) is 4.31. The SMILES string of the molecule is CN1CCC(C2(c3ccc(Cl)c(Cl)c3)CCCCC2)C1. The van der Waals surface area contributed by atoms with Crippen LogP contribution in [0.4, 0.5) is 0 Å². The van der Waals surface area contributed by atoms with E-state index < -0.39 is 0 Å². The highest BCUT2D eigenvalue weighted by atomic mass is 35.5. The monoisotopic (exact) mass is 311 g/mol. The zero-order valence-corrected chi connectivity index (χ0v) is 13.7. The highest BCUT2D eigenvalue weighted by molar-refractivity contribution is 6.42. The summed E-state index contributed by atoms with van der Waals surface area (Å²) in [5, 5.41) is 1.38. The summed E-state index contributed by atoms with van der Waals surface area (Å²) in [4.78, 5) is 2.47. The third-order valence-corrected chi connectivity index (χ3v) is 6.15. The number of nitrogens with zero attached hydrogens (tertiary/aromatic N) is 1. The molecule has 0 amide bonds. The van der Waals surface area contributed by atoms with Crippen molar-refractivity contribution in [3.63, 3.8) is 0 Å². The number of halogens is 2. The number of benzene rings is 1. The molecule has 0 radical (unpaired) electrons. The highest BCUT2D eigenvalue weighted by Crippen LogP contribution is 2.49. The van der Waals surface area contributed by atoms with E-state index in [-0.39, 0.29) is 0 Å². The molecule has 20 heavy (non-hydrogen) atoms. The normalized spacial score (nSPS) is 26.9. The Morgan fingerprint density at radius 2 is 1.85 bits per heavy atom. The summed E-state index contributed by atoms with van der Waals surface area (Å²) in [5.41, 5.74) is 1.75. The number of likely N-dealkylation sites (tertiary alicyclic amines) is 1. The van der Waals surface area contributed by atoms with Crippen LogP contribution >= 0.6 is 23.2 Å². The van der Waals surface area contributed by atoms with Crippen LogP contribution in [-0.4, -0.2) is 25.0 Å². The first-order chi connectivity index (χ1) is 9.62. The fraction of sp³-hybridized carbons (Fsp3) is 0.647. The van der Waals surface area contributed by atoms with Crippen LogP contribution in [-0.2, 0) is 5.41 Å². The lowest BCUT2D eigenvalue weighted by molar-refractivity contribution is 0.192. The van der Waals surface area contributed by atoms with Gasteiger partial charge in [-0.2, -0.15) is 0 Å². The van der Waals surface area contributed by atoms with Crippen molar-refractivity contribution >= 4 is 23.2 Å². The van der Waals surface area contributed by atoms with Gasteiger partial charge in [0, 0.05) is 6.54 Å². The van der Waals surface area contributed by atoms with Crippen LogP contribution in [0.25, 0.3) is 0 Å². The molecule has 1 saturated carbocycles. The molecule has 1 heterocycles. The average Bonchev–Trinajstić information content (AvgIpc) is 2.90. The van der Waals surface area contributed by atoms with E-state index in [1.165, 1.54) is 57.2 Å². The lowest BCUT2D eigenvalue weighted by Gasteiger charge is -2.43. The van der Waals surface area contributed by atoms with E-state index in [1.807, 2.05) is 6.07 Å². The quantitative estimate of drug-likeness (QED) is 0.730.